The summed E-state index contributed by atoms with van der Waals surface area (Å²) in [6, 6.07) is 14.2. The molecular formula is C23H17Cl2FN2O4. The van der Waals surface area contributed by atoms with Gasteiger partial charge in [-0.25, -0.2) is 9.40 Å². The number of halogens is 3. The van der Waals surface area contributed by atoms with E-state index in [1.807, 2.05) is 12.1 Å². The van der Waals surface area contributed by atoms with Crippen LogP contribution >= 0.6 is 23.2 Å². The lowest BCUT2D eigenvalue weighted by molar-refractivity contribution is -0.152. The number of furan rings is 1. The van der Waals surface area contributed by atoms with Crippen LogP contribution in [0.25, 0.3) is 0 Å². The summed E-state index contributed by atoms with van der Waals surface area (Å²) in [6.45, 7) is -0.556. The van der Waals surface area contributed by atoms with Crippen LogP contribution in [0.1, 0.15) is 29.3 Å². The Kier molecular flexibility index (Phi) is 6.58. The minimum Gasteiger partial charge on any atom is -0.467 e. The molecule has 1 aliphatic rings. The molecule has 0 spiro atoms. The standard InChI is InChI=1S/C23H17Cl2FN2O4/c24-15-8-6-14(7-9-15)19-12-20(21-5-2-10-31-21)28(27-19)22(29)13-32-23(30)11-16-17(25)3-1-4-18(16)26/h1-10,20H,11-13H2. The zero-order chi connectivity index (χ0) is 22.7. The third-order valence-corrected chi connectivity index (χ3v) is 5.56. The van der Waals surface area contributed by atoms with Gasteiger partial charge in [-0.15, -0.1) is 0 Å². The molecule has 0 bridgehead atoms. The molecule has 9 heteroatoms. The van der Waals surface area contributed by atoms with Gasteiger partial charge in [0.2, 0.25) is 0 Å². The van der Waals surface area contributed by atoms with Crippen LogP contribution < -0.4 is 0 Å². The molecule has 0 saturated carbocycles. The van der Waals surface area contributed by atoms with E-state index in [4.69, 9.17) is 32.4 Å². The first-order valence-corrected chi connectivity index (χ1v) is 10.5. The lowest BCUT2D eigenvalue weighted by Crippen LogP contribution is -2.31. The van der Waals surface area contributed by atoms with Gasteiger partial charge in [-0.2, -0.15) is 5.10 Å². The Balaban J connectivity index is 1.47. The van der Waals surface area contributed by atoms with E-state index in [9.17, 15) is 14.0 Å². The van der Waals surface area contributed by atoms with E-state index in [1.54, 1.807) is 24.3 Å². The number of carbonyl (C=O) groups excluding carboxylic acids is 2. The number of amides is 1. The van der Waals surface area contributed by atoms with Crippen molar-refractivity contribution in [1.29, 1.82) is 0 Å². The lowest BCUT2D eigenvalue weighted by Gasteiger charge is -2.19. The molecule has 6 nitrogen and oxygen atoms in total. The fourth-order valence-corrected chi connectivity index (χ4v) is 3.72. The second-order valence-corrected chi connectivity index (χ2v) is 7.91. The van der Waals surface area contributed by atoms with Crippen LogP contribution in [-0.2, 0) is 20.7 Å². The number of carbonyl (C=O) groups is 2. The zero-order valence-corrected chi connectivity index (χ0v) is 18.1. The summed E-state index contributed by atoms with van der Waals surface area (Å²) >= 11 is 11.9. The largest absolute Gasteiger partial charge is 0.467 e. The molecule has 3 aromatic rings. The van der Waals surface area contributed by atoms with Gasteiger partial charge >= 0.3 is 5.97 Å². The van der Waals surface area contributed by atoms with E-state index in [-0.39, 0.29) is 17.0 Å². The van der Waals surface area contributed by atoms with Crippen molar-refractivity contribution in [3.8, 4) is 0 Å². The van der Waals surface area contributed by atoms with E-state index in [2.05, 4.69) is 5.10 Å². The molecule has 2 heterocycles. The molecule has 1 atom stereocenters. The lowest BCUT2D eigenvalue weighted by atomic mass is 10.0. The van der Waals surface area contributed by atoms with Gasteiger partial charge in [-0.05, 0) is 42.0 Å². The number of rotatable bonds is 6. The molecule has 0 aliphatic carbocycles. The number of benzene rings is 2. The van der Waals surface area contributed by atoms with Gasteiger partial charge < -0.3 is 9.15 Å². The molecule has 32 heavy (non-hydrogen) atoms. The topological polar surface area (TPSA) is 72.1 Å². The van der Waals surface area contributed by atoms with Gasteiger partial charge in [0, 0.05) is 22.0 Å². The summed E-state index contributed by atoms with van der Waals surface area (Å²) in [4.78, 5) is 25.0. The van der Waals surface area contributed by atoms with Crippen LogP contribution in [0.5, 0.6) is 0 Å². The number of esters is 1. The number of hydrogen-bond donors (Lipinski definition) is 0. The van der Waals surface area contributed by atoms with Gasteiger partial charge in [0.05, 0.1) is 18.4 Å². The van der Waals surface area contributed by atoms with Crippen LogP contribution in [0.3, 0.4) is 0 Å². The molecule has 0 N–H and O–H groups in total. The molecule has 164 valence electrons. The highest BCUT2D eigenvalue weighted by atomic mass is 35.5. The van der Waals surface area contributed by atoms with Crippen LogP contribution in [0.15, 0.2) is 70.4 Å². The number of ether oxygens (including phenoxy) is 1. The van der Waals surface area contributed by atoms with Crippen LogP contribution in [0.4, 0.5) is 4.39 Å². The van der Waals surface area contributed by atoms with E-state index in [0.717, 1.165) is 5.56 Å². The number of hydrogen-bond acceptors (Lipinski definition) is 5. The van der Waals surface area contributed by atoms with Gasteiger partial charge in [-0.3, -0.25) is 9.59 Å². The molecule has 0 fully saturated rings. The van der Waals surface area contributed by atoms with Crippen LogP contribution in [-0.4, -0.2) is 29.2 Å². The summed E-state index contributed by atoms with van der Waals surface area (Å²) in [6.07, 6.45) is 1.54. The second-order valence-electron chi connectivity index (χ2n) is 7.06. The summed E-state index contributed by atoms with van der Waals surface area (Å²) in [5, 5.41) is 6.38. The van der Waals surface area contributed by atoms with Crippen molar-refractivity contribution in [3.63, 3.8) is 0 Å². The Morgan fingerprint density at radius 3 is 2.59 bits per heavy atom. The first-order chi connectivity index (χ1) is 15.4. The SMILES string of the molecule is O=C(Cc1c(F)cccc1Cl)OCC(=O)N1N=C(c2ccc(Cl)cc2)CC1c1ccco1. The highest BCUT2D eigenvalue weighted by Gasteiger charge is 2.35. The Morgan fingerprint density at radius 2 is 1.91 bits per heavy atom. The van der Waals surface area contributed by atoms with Crippen molar-refractivity contribution in [2.45, 2.75) is 18.9 Å². The molecule has 1 amide bonds. The maximum absolute atomic E-state index is 13.9. The monoisotopic (exact) mass is 474 g/mol. The summed E-state index contributed by atoms with van der Waals surface area (Å²) in [5.74, 6) is -1.38. The van der Waals surface area contributed by atoms with Crippen molar-refractivity contribution in [2.24, 2.45) is 5.10 Å². The van der Waals surface area contributed by atoms with Gasteiger partial charge in [0.25, 0.3) is 5.91 Å². The molecule has 1 aliphatic heterocycles. The fraction of sp³-hybridized carbons (Fsp3) is 0.174. The summed E-state index contributed by atoms with van der Waals surface area (Å²) < 4.78 is 24.4. The number of hydrazone groups is 1. The van der Waals surface area contributed by atoms with E-state index in [0.29, 0.717) is 22.9 Å². The van der Waals surface area contributed by atoms with E-state index < -0.39 is 30.3 Å². The maximum Gasteiger partial charge on any atom is 0.310 e. The Labute approximate surface area is 193 Å². The molecule has 0 radical (unpaired) electrons. The highest BCUT2D eigenvalue weighted by molar-refractivity contribution is 6.31. The minimum atomic E-state index is -0.777. The molecule has 0 saturated heterocycles. The van der Waals surface area contributed by atoms with Crippen molar-refractivity contribution >= 4 is 40.8 Å². The maximum atomic E-state index is 13.9. The quantitative estimate of drug-likeness (QED) is 0.460. The molecule has 1 unspecified atom stereocenters. The van der Waals surface area contributed by atoms with E-state index >= 15 is 0 Å². The third-order valence-electron chi connectivity index (χ3n) is 4.95. The molecule has 2 aromatic carbocycles. The van der Waals surface area contributed by atoms with Gasteiger partial charge in [0.15, 0.2) is 6.61 Å². The summed E-state index contributed by atoms with van der Waals surface area (Å²) in [5.41, 5.74) is 1.50. The minimum absolute atomic E-state index is 0.0179. The first-order valence-electron chi connectivity index (χ1n) is 9.70. The van der Waals surface area contributed by atoms with E-state index in [1.165, 1.54) is 29.5 Å². The molecule has 4 rings (SSSR count). The second kappa shape index (κ2) is 9.54. The Bertz CT molecular complexity index is 1140. The van der Waals surface area contributed by atoms with Crippen LogP contribution in [0.2, 0.25) is 10.0 Å². The average molecular weight is 475 g/mol. The third kappa shape index (κ3) is 4.84. The van der Waals surface area contributed by atoms with Crippen molar-refractivity contribution in [3.05, 3.63) is 93.6 Å². The predicted molar refractivity (Wildman–Crippen MR) is 117 cm³/mol. The van der Waals surface area contributed by atoms with Gasteiger partial charge in [0.1, 0.15) is 17.6 Å². The zero-order valence-electron chi connectivity index (χ0n) is 16.6. The van der Waals surface area contributed by atoms with Crippen molar-refractivity contribution < 1.29 is 23.1 Å². The fourth-order valence-electron chi connectivity index (χ4n) is 3.36. The van der Waals surface area contributed by atoms with Gasteiger partial charge in [-0.1, -0.05) is 41.4 Å². The highest BCUT2D eigenvalue weighted by Crippen LogP contribution is 2.33. The predicted octanol–water partition coefficient (Wildman–Crippen LogP) is 5.19. The normalized spacial score (nSPS) is 15.5. The van der Waals surface area contributed by atoms with Crippen molar-refractivity contribution in [2.75, 3.05) is 6.61 Å². The first kappa shape index (κ1) is 22.0. The number of nitrogens with zero attached hydrogens (tertiary/aromatic N) is 2. The summed E-state index contributed by atoms with van der Waals surface area (Å²) in [7, 11) is 0. The molecule has 1 aromatic heterocycles. The van der Waals surface area contributed by atoms with Crippen LogP contribution in [0, 0.1) is 5.82 Å². The average Bonchev–Trinajstić information content (AvgIpc) is 3.45. The van der Waals surface area contributed by atoms with Crippen molar-refractivity contribution in [1.82, 2.24) is 5.01 Å². The smallest absolute Gasteiger partial charge is 0.310 e. The Morgan fingerprint density at radius 1 is 1.12 bits per heavy atom. The molecular weight excluding hydrogens is 458 g/mol. The Hall–Kier alpha value is -3.16.